The fourth-order valence-corrected chi connectivity index (χ4v) is 3.30. The maximum Gasteiger partial charge on any atom is 0.205 e. The summed E-state index contributed by atoms with van der Waals surface area (Å²) in [6.07, 6.45) is 4.70. The monoisotopic (exact) mass is 296 g/mol. The molecule has 1 aliphatic rings. The number of nitrogens with one attached hydrogen (secondary N) is 1. The highest BCUT2D eigenvalue weighted by atomic mass is 32.1. The fourth-order valence-electron chi connectivity index (χ4n) is 2.55. The Balaban J connectivity index is 1.89. The molecule has 5 heteroatoms. The number of hydrogen-bond donors (Lipinski definition) is 1. The summed E-state index contributed by atoms with van der Waals surface area (Å²) in [6, 6.07) is 0. The zero-order valence-electron chi connectivity index (χ0n) is 13.3. The molecule has 1 N–H and O–H groups in total. The SMILES string of the molecule is CCCc1nsc(N2CCCC(CNC(C)(C)C)C2)n1. The molecule has 1 aliphatic heterocycles. The summed E-state index contributed by atoms with van der Waals surface area (Å²) in [5.41, 5.74) is 0.208. The van der Waals surface area contributed by atoms with E-state index in [4.69, 9.17) is 0 Å². The van der Waals surface area contributed by atoms with Crippen molar-refractivity contribution in [2.45, 2.75) is 58.9 Å². The van der Waals surface area contributed by atoms with Crippen molar-refractivity contribution in [3.05, 3.63) is 5.82 Å². The number of aromatic nitrogens is 2. The van der Waals surface area contributed by atoms with Gasteiger partial charge in [0.25, 0.3) is 0 Å². The Morgan fingerprint density at radius 1 is 1.40 bits per heavy atom. The van der Waals surface area contributed by atoms with Gasteiger partial charge in [-0.1, -0.05) is 6.92 Å². The second kappa shape index (κ2) is 6.85. The molecule has 2 rings (SSSR count). The summed E-state index contributed by atoms with van der Waals surface area (Å²) in [5, 5.41) is 4.75. The molecule has 0 bridgehead atoms. The minimum absolute atomic E-state index is 0.208. The average Bonchev–Trinajstić information content (AvgIpc) is 2.85. The van der Waals surface area contributed by atoms with Crippen LogP contribution in [-0.2, 0) is 6.42 Å². The molecule has 0 amide bonds. The van der Waals surface area contributed by atoms with E-state index in [1.165, 1.54) is 12.8 Å². The molecule has 0 spiro atoms. The first-order valence-corrected chi connectivity index (χ1v) is 8.58. The van der Waals surface area contributed by atoms with Crippen molar-refractivity contribution in [1.82, 2.24) is 14.7 Å². The highest BCUT2D eigenvalue weighted by molar-refractivity contribution is 7.09. The van der Waals surface area contributed by atoms with Crippen LogP contribution in [0.2, 0.25) is 0 Å². The second-order valence-corrected chi connectivity index (χ2v) is 7.56. The standard InChI is InChI=1S/C15H28N4S/c1-5-7-13-17-14(20-18-13)19-9-6-8-12(11-19)10-16-15(2,3)4/h12,16H,5-11H2,1-4H3. The summed E-state index contributed by atoms with van der Waals surface area (Å²) < 4.78 is 4.46. The molecule has 1 aromatic heterocycles. The van der Waals surface area contributed by atoms with Gasteiger partial charge in [0.05, 0.1) is 0 Å². The Morgan fingerprint density at radius 3 is 2.90 bits per heavy atom. The molecule has 0 saturated carbocycles. The van der Waals surface area contributed by atoms with Gasteiger partial charge in [0.2, 0.25) is 5.13 Å². The Labute approximate surface area is 127 Å². The molecule has 0 aliphatic carbocycles. The Hall–Kier alpha value is -0.680. The fraction of sp³-hybridized carbons (Fsp3) is 0.867. The number of hydrogen-bond acceptors (Lipinski definition) is 5. The predicted molar refractivity (Wildman–Crippen MR) is 86.6 cm³/mol. The van der Waals surface area contributed by atoms with Crippen LogP contribution < -0.4 is 10.2 Å². The molecular formula is C15H28N4S. The van der Waals surface area contributed by atoms with E-state index in [1.807, 2.05) is 0 Å². The van der Waals surface area contributed by atoms with Crippen molar-refractivity contribution < 1.29 is 0 Å². The van der Waals surface area contributed by atoms with E-state index in [9.17, 15) is 0 Å². The molecule has 1 unspecified atom stereocenters. The lowest BCUT2D eigenvalue weighted by atomic mass is 9.97. The van der Waals surface area contributed by atoms with Crippen LogP contribution in [0.3, 0.4) is 0 Å². The maximum absolute atomic E-state index is 4.68. The zero-order chi connectivity index (χ0) is 14.6. The number of anilines is 1. The van der Waals surface area contributed by atoms with Gasteiger partial charge in [-0.05, 0) is 46.0 Å². The molecular weight excluding hydrogens is 268 g/mol. The van der Waals surface area contributed by atoms with Gasteiger partial charge in [0.1, 0.15) is 5.82 Å². The lowest BCUT2D eigenvalue weighted by Gasteiger charge is -2.34. The van der Waals surface area contributed by atoms with E-state index in [1.54, 1.807) is 11.5 Å². The van der Waals surface area contributed by atoms with Crippen molar-refractivity contribution in [1.29, 1.82) is 0 Å². The smallest absolute Gasteiger partial charge is 0.205 e. The highest BCUT2D eigenvalue weighted by Gasteiger charge is 2.23. The van der Waals surface area contributed by atoms with Crippen LogP contribution in [0.25, 0.3) is 0 Å². The summed E-state index contributed by atoms with van der Waals surface area (Å²) in [5.74, 6) is 1.74. The summed E-state index contributed by atoms with van der Waals surface area (Å²) in [7, 11) is 0. The minimum Gasteiger partial charge on any atom is -0.347 e. The second-order valence-electron chi connectivity index (χ2n) is 6.83. The molecule has 20 heavy (non-hydrogen) atoms. The molecule has 1 saturated heterocycles. The summed E-state index contributed by atoms with van der Waals surface area (Å²) >= 11 is 1.57. The van der Waals surface area contributed by atoms with Gasteiger partial charge in [-0.2, -0.15) is 4.37 Å². The van der Waals surface area contributed by atoms with Crippen molar-refractivity contribution in [3.63, 3.8) is 0 Å². The predicted octanol–water partition coefficient (Wildman–Crippen LogP) is 3.10. The first-order chi connectivity index (χ1) is 9.48. The minimum atomic E-state index is 0.208. The lowest BCUT2D eigenvalue weighted by molar-refractivity contribution is 0.335. The van der Waals surface area contributed by atoms with E-state index in [0.29, 0.717) is 0 Å². The van der Waals surface area contributed by atoms with Crippen LogP contribution in [0, 0.1) is 5.92 Å². The number of nitrogens with zero attached hydrogens (tertiary/aromatic N) is 3. The van der Waals surface area contributed by atoms with E-state index in [0.717, 1.165) is 49.3 Å². The van der Waals surface area contributed by atoms with Gasteiger partial charge in [0, 0.05) is 43.1 Å². The van der Waals surface area contributed by atoms with Crippen molar-refractivity contribution in [2.75, 3.05) is 24.5 Å². The number of piperidine rings is 1. The van der Waals surface area contributed by atoms with Crippen LogP contribution in [0.4, 0.5) is 5.13 Å². The Kier molecular flexibility index (Phi) is 5.38. The average molecular weight is 296 g/mol. The summed E-state index contributed by atoms with van der Waals surface area (Å²) in [4.78, 5) is 7.11. The Bertz CT molecular complexity index is 410. The van der Waals surface area contributed by atoms with Crippen LogP contribution in [0.15, 0.2) is 0 Å². The first-order valence-electron chi connectivity index (χ1n) is 7.80. The van der Waals surface area contributed by atoms with Gasteiger partial charge in [0.15, 0.2) is 0 Å². The van der Waals surface area contributed by atoms with Crippen LogP contribution in [-0.4, -0.2) is 34.5 Å². The van der Waals surface area contributed by atoms with Crippen LogP contribution in [0.1, 0.15) is 52.8 Å². The maximum atomic E-state index is 4.68. The molecule has 1 atom stereocenters. The highest BCUT2D eigenvalue weighted by Crippen LogP contribution is 2.25. The number of rotatable bonds is 5. The van der Waals surface area contributed by atoms with Gasteiger partial charge >= 0.3 is 0 Å². The lowest BCUT2D eigenvalue weighted by Crippen LogP contribution is -2.44. The third-order valence-electron chi connectivity index (χ3n) is 3.64. The molecule has 4 nitrogen and oxygen atoms in total. The third-order valence-corrected chi connectivity index (χ3v) is 4.46. The van der Waals surface area contributed by atoms with E-state index >= 15 is 0 Å². The van der Waals surface area contributed by atoms with Gasteiger partial charge in [-0.15, -0.1) is 0 Å². The third kappa shape index (κ3) is 4.70. The number of aryl methyl sites for hydroxylation is 1. The Morgan fingerprint density at radius 2 is 2.20 bits per heavy atom. The van der Waals surface area contributed by atoms with Gasteiger partial charge < -0.3 is 10.2 Å². The topological polar surface area (TPSA) is 41.1 Å². The first kappa shape index (κ1) is 15.7. The summed E-state index contributed by atoms with van der Waals surface area (Å²) in [6.45, 7) is 12.2. The van der Waals surface area contributed by atoms with E-state index < -0.39 is 0 Å². The molecule has 0 aromatic carbocycles. The zero-order valence-corrected chi connectivity index (χ0v) is 14.1. The van der Waals surface area contributed by atoms with Gasteiger partial charge in [-0.3, -0.25) is 0 Å². The van der Waals surface area contributed by atoms with Crippen LogP contribution in [0.5, 0.6) is 0 Å². The molecule has 1 fully saturated rings. The molecule has 1 aromatic rings. The normalized spacial score (nSPS) is 20.4. The quantitative estimate of drug-likeness (QED) is 0.906. The molecule has 2 heterocycles. The van der Waals surface area contributed by atoms with Crippen LogP contribution >= 0.6 is 11.5 Å². The largest absolute Gasteiger partial charge is 0.347 e. The van der Waals surface area contributed by atoms with E-state index in [2.05, 4.69) is 47.3 Å². The molecule has 114 valence electrons. The van der Waals surface area contributed by atoms with Crippen molar-refractivity contribution in [3.8, 4) is 0 Å². The molecule has 0 radical (unpaired) electrons. The van der Waals surface area contributed by atoms with E-state index in [-0.39, 0.29) is 5.54 Å². The van der Waals surface area contributed by atoms with Crippen molar-refractivity contribution >= 4 is 16.7 Å². The van der Waals surface area contributed by atoms with Gasteiger partial charge in [-0.25, -0.2) is 4.98 Å². The van der Waals surface area contributed by atoms with Crippen molar-refractivity contribution in [2.24, 2.45) is 5.92 Å².